The second kappa shape index (κ2) is 7.25. The zero-order valence-electron chi connectivity index (χ0n) is 6.84. The van der Waals surface area contributed by atoms with Crippen molar-refractivity contribution in [2.45, 2.75) is 12.5 Å². The maximum atomic E-state index is 10.3. The van der Waals surface area contributed by atoms with Crippen molar-refractivity contribution in [3.8, 4) is 0 Å². The van der Waals surface area contributed by atoms with E-state index in [9.17, 15) is 4.79 Å². The largest absolute Gasteiger partial charge is 0.480 e. The molecular weight excluding hydrogens is 271 g/mol. The van der Waals surface area contributed by atoms with E-state index in [4.69, 9.17) is 22.4 Å². The van der Waals surface area contributed by atoms with Gasteiger partial charge < -0.3 is 10.8 Å². The van der Waals surface area contributed by atoms with Crippen LogP contribution in [0.1, 0.15) is 5.69 Å². The number of aliphatic carboxylic acids is 1. The Kier molecular flexibility index (Phi) is 8.48. The highest BCUT2D eigenvalue weighted by Crippen LogP contribution is 2.20. The summed E-state index contributed by atoms with van der Waals surface area (Å²) in [5, 5.41) is 8.48. The summed E-state index contributed by atoms with van der Waals surface area (Å²) >= 11 is 6.96. The van der Waals surface area contributed by atoms with Gasteiger partial charge in [-0.3, -0.25) is 4.79 Å². The monoisotopic (exact) mass is 278 g/mol. The van der Waals surface area contributed by atoms with E-state index < -0.39 is 12.0 Å². The Labute approximate surface area is 102 Å². The second-order valence-electron chi connectivity index (χ2n) is 2.22. The standard InChI is InChI=1S/C6H7ClN2O2S.2ClH/c7-5-4(9-2-12-5)1-3(8)6(10)11;;/h2-3H,1,8H2,(H,10,11);2*1H. The lowest BCUT2D eigenvalue weighted by molar-refractivity contribution is -0.138. The van der Waals surface area contributed by atoms with Gasteiger partial charge in [0.2, 0.25) is 0 Å². The molecule has 0 radical (unpaired) electrons. The molecular formula is C6H9Cl3N2O2S. The molecule has 0 amide bonds. The molecule has 14 heavy (non-hydrogen) atoms. The van der Waals surface area contributed by atoms with E-state index in [1.165, 1.54) is 11.3 Å². The third-order valence-electron chi connectivity index (χ3n) is 1.32. The van der Waals surface area contributed by atoms with E-state index in [1.807, 2.05) is 0 Å². The highest BCUT2D eigenvalue weighted by Gasteiger charge is 2.15. The van der Waals surface area contributed by atoms with Crippen molar-refractivity contribution in [2.75, 3.05) is 0 Å². The Morgan fingerprint density at radius 1 is 1.71 bits per heavy atom. The Bertz CT molecular complexity index is 294. The Morgan fingerprint density at radius 3 is 2.64 bits per heavy atom. The summed E-state index contributed by atoms with van der Waals surface area (Å²) in [5.74, 6) is -1.04. The van der Waals surface area contributed by atoms with Crippen molar-refractivity contribution in [2.24, 2.45) is 5.73 Å². The molecule has 0 aliphatic heterocycles. The molecule has 0 saturated heterocycles. The molecule has 0 spiro atoms. The lowest BCUT2D eigenvalue weighted by Gasteiger charge is -2.02. The summed E-state index contributed by atoms with van der Waals surface area (Å²) < 4.78 is 0.506. The molecule has 4 nitrogen and oxygen atoms in total. The summed E-state index contributed by atoms with van der Waals surface area (Å²) in [5.41, 5.74) is 7.40. The van der Waals surface area contributed by atoms with Crippen molar-refractivity contribution >= 4 is 53.7 Å². The van der Waals surface area contributed by atoms with Gasteiger partial charge in [0.25, 0.3) is 0 Å². The Balaban J connectivity index is 0. The van der Waals surface area contributed by atoms with Crippen LogP contribution in [0, 0.1) is 0 Å². The van der Waals surface area contributed by atoms with Crippen molar-refractivity contribution in [3.63, 3.8) is 0 Å². The van der Waals surface area contributed by atoms with Crippen molar-refractivity contribution in [1.29, 1.82) is 0 Å². The first-order valence-corrected chi connectivity index (χ1v) is 4.43. The highest BCUT2D eigenvalue weighted by atomic mass is 35.5. The van der Waals surface area contributed by atoms with Crippen LogP contribution >= 0.6 is 47.8 Å². The molecule has 0 saturated carbocycles. The molecule has 3 N–H and O–H groups in total. The fourth-order valence-electron chi connectivity index (χ4n) is 0.684. The molecule has 0 bridgehead atoms. The molecule has 1 atom stereocenters. The first kappa shape index (κ1) is 16.4. The Hall–Kier alpha value is -0.0700. The average Bonchev–Trinajstić information content (AvgIpc) is 2.36. The molecule has 1 heterocycles. The molecule has 1 rings (SSSR count). The van der Waals surface area contributed by atoms with Gasteiger partial charge in [-0.25, -0.2) is 4.98 Å². The third-order valence-corrected chi connectivity index (χ3v) is 2.46. The van der Waals surface area contributed by atoms with E-state index in [2.05, 4.69) is 4.98 Å². The fourth-order valence-corrected chi connectivity index (χ4v) is 1.47. The molecule has 1 unspecified atom stereocenters. The van der Waals surface area contributed by atoms with Gasteiger partial charge in [-0.05, 0) is 0 Å². The molecule has 8 heteroatoms. The van der Waals surface area contributed by atoms with Gasteiger partial charge in [0.05, 0.1) is 11.2 Å². The van der Waals surface area contributed by atoms with Gasteiger partial charge in [0, 0.05) is 6.42 Å². The number of carbonyl (C=O) groups is 1. The van der Waals surface area contributed by atoms with Crippen molar-refractivity contribution in [1.82, 2.24) is 4.98 Å². The topological polar surface area (TPSA) is 76.2 Å². The number of rotatable bonds is 3. The summed E-state index contributed by atoms with van der Waals surface area (Å²) in [6, 6.07) is -0.926. The van der Waals surface area contributed by atoms with Gasteiger partial charge in [-0.1, -0.05) is 11.6 Å². The van der Waals surface area contributed by atoms with Gasteiger partial charge in [0.15, 0.2) is 0 Å². The maximum absolute atomic E-state index is 10.3. The lowest BCUT2D eigenvalue weighted by atomic mass is 10.2. The number of aromatic nitrogens is 1. The van der Waals surface area contributed by atoms with E-state index in [1.54, 1.807) is 5.51 Å². The smallest absolute Gasteiger partial charge is 0.320 e. The summed E-state index contributed by atoms with van der Waals surface area (Å²) in [7, 11) is 0. The quantitative estimate of drug-likeness (QED) is 0.881. The number of carboxylic acid groups (broad SMARTS) is 1. The van der Waals surface area contributed by atoms with E-state index in [0.29, 0.717) is 10.0 Å². The van der Waals surface area contributed by atoms with Gasteiger partial charge in [0.1, 0.15) is 10.4 Å². The molecule has 0 fully saturated rings. The summed E-state index contributed by atoms with van der Waals surface area (Å²) in [4.78, 5) is 14.2. The summed E-state index contributed by atoms with van der Waals surface area (Å²) in [6.45, 7) is 0. The second-order valence-corrected chi connectivity index (χ2v) is 3.68. The van der Waals surface area contributed by atoms with Gasteiger partial charge in [-0.15, -0.1) is 36.2 Å². The SMILES string of the molecule is Cl.Cl.NC(Cc1ncsc1Cl)C(=O)O. The van der Waals surface area contributed by atoms with Crippen LogP contribution in [0.3, 0.4) is 0 Å². The molecule has 0 aliphatic rings. The minimum absolute atomic E-state index is 0. The van der Waals surface area contributed by atoms with Crippen LogP contribution in [0.2, 0.25) is 4.34 Å². The van der Waals surface area contributed by atoms with E-state index in [0.717, 1.165) is 0 Å². The molecule has 1 aromatic rings. The van der Waals surface area contributed by atoms with Crippen LogP contribution in [0.4, 0.5) is 0 Å². The third kappa shape index (κ3) is 4.43. The average molecular weight is 280 g/mol. The summed E-state index contributed by atoms with van der Waals surface area (Å²) in [6.07, 6.45) is 0.178. The normalized spacial score (nSPS) is 11.0. The number of thiazole rings is 1. The molecule has 82 valence electrons. The molecule has 0 aromatic carbocycles. The molecule has 1 aromatic heterocycles. The minimum atomic E-state index is -1.04. The number of nitrogens with two attached hydrogens (primary N) is 1. The van der Waals surface area contributed by atoms with Crippen LogP contribution in [-0.4, -0.2) is 22.1 Å². The Morgan fingerprint density at radius 2 is 2.29 bits per heavy atom. The van der Waals surface area contributed by atoms with E-state index >= 15 is 0 Å². The molecule has 0 aliphatic carbocycles. The van der Waals surface area contributed by atoms with Gasteiger partial charge >= 0.3 is 5.97 Å². The number of halogens is 3. The first-order valence-electron chi connectivity index (χ1n) is 3.17. The van der Waals surface area contributed by atoms with Crippen LogP contribution in [0.25, 0.3) is 0 Å². The van der Waals surface area contributed by atoms with Crippen LogP contribution in [0.15, 0.2) is 5.51 Å². The zero-order valence-corrected chi connectivity index (χ0v) is 10.0. The lowest BCUT2D eigenvalue weighted by Crippen LogP contribution is -2.32. The minimum Gasteiger partial charge on any atom is -0.480 e. The van der Waals surface area contributed by atoms with Crippen LogP contribution < -0.4 is 5.73 Å². The zero-order chi connectivity index (χ0) is 9.14. The predicted octanol–water partition coefficient (Wildman–Crippen LogP) is 1.59. The first-order chi connectivity index (χ1) is 5.61. The van der Waals surface area contributed by atoms with Crippen molar-refractivity contribution in [3.05, 3.63) is 15.5 Å². The van der Waals surface area contributed by atoms with Crippen molar-refractivity contribution < 1.29 is 9.90 Å². The van der Waals surface area contributed by atoms with Gasteiger partial charge in [-0.2, -0.15) is 0 Å². The number of hydrogen-bond donors (Lipinski definition) is 2. The highest BCUT2D eigenvalue weighted by molar-refractivity contribution is 7.14. The fraction of sp³-hybridized carbons (Fsp3) is 0.333. The number of hydrogen-bond acceptors (Lipinski definition) is 4. The maximum Gasteiger partial charge on any atom is 0.320 e. The number of nitrogens with zero attached hydrogens (tertiary/aromatic N) is 1. The van der Waals surface area contributed by atoms with E-state index in [-0.39, 0.29) is 31.2 Å². The predicted molar refractivity (Wildman–Crippen MR) is 60.9 cm³/mol. The number of carboxylic acids is 1. The van der Waals surface area contributed by atoms with Crippen LogP contribution in [0.5, 0.6) is 0 Å². The van der Waals surface area contributed by atoms with Crippen LogP contribution in [-0.2, 0) is 11.2 Å².